The van der Waals surface area contributed by atoms with Crippen molar-refractivity contribution in [3.8, 4) is 18.1 Å². The van der Waals surface area contributed by atoms with Gasteiger partial charge < -0.3 is 9.47 Å². The van der Waals surface area contributed by atoms with Gasteiger partial charge in [0.05, 0.1) is 30.9 Å². The van der Waals surface area contributed by atoms with E-state index in [0.717, 1.165) is 50.0 Å². The highest BCUT2D eigenvalue weighted by Gasteiger charge is 2.11. The molecule has 1 aliphatic rings. The molecular weight excluding hydrogens is 346 g/mol. The Morgan fingerprint density at radius 3 is 2.92 bits per heavy atom. The van der Waals surface area contributed by atoms with Gasteiger partial charge in [0.15, 0.2) is 0 Å². The van der Waals surface area contributed by atoms with Gasteiger partial charge in [-0.3, -0.25) is 4.90 Å². The molecule has 0 N–H and O–H groups in total. The molecule has 0 heterocycles. The predicted octanol–water partition coefficient (Wildman–Crippen LogP) is 5.08. The van der Waals surface area contributed by atoms with Crippen molar-refractivity contribution in [3.05, 3.63) is 40.9 Å². The smallest absolute Gasteiger partial charge is 0.137 e. The van der Waals surface area contributed by atoms with Crippen LogP contribution in [0.25, 0.3) is 0 Å². The quantitative estimate of drug-likeness (QED) is 0.341. The molecule has 1 aromatic rings. The second-order valence-electron chi connectivity index (χ2n) is 6.82. The van der Waals surface area contributed by atoms with Gasteiger partial charge in [0, 0.05) is 6.54 Å². The van der Waals surface area contributed by atoms with Crippen molar-refractivity contribution >= 4 is 11.6 Å². The van der Waals surface area contributed by atoms with Crippen LogP contribution in [-0.4, -0.2) is 37.7 Å². The Bertz CT molecular complexity index is 609. The van der Waals surface area contributed by atoms with E-state index in [1.54, 1.807) is 0 Å². The minimum atomic E-state index is 0.342. The Balaban J connectivity index is 1.74. The third kappa shape index (κ3) is 7.83. The monoisotopic (exact) mass is 375 g/mol. The van der Waals surface area contributed by atoms with Gasteiger partial charge in [-0.15, -0.1) is 6.42 Å². The molecular formula is C22H30ClNO2. The van der Waals surface area contributed by atoms with Crippen molar-refractivity contribution in [1.82, 2.24) is 4.90 Å². The first-order chi connectivity index (χ1) is 12.7. The number of hydrogen-bond acceptors (Lipinski definition) is 3. The topological polar surface area (TPSA) is 21.7 Å². The van der Waals surface area contributed by atoms with E-state index in [0.29, 0.717) is 30.9 Å². The summed E-state index contributed by atoms with van der Waals surface area (Å²) in [5, 5.41) is 0.642. The van der Waals surface area contributed by atoms with Crippen LogP contribution in [0.5, 0.6) is 5.75 Å². The Kier molecular flexibility index (Phi) is 9.63. The fourth-order valence-electron chi connectivity index (χ4n) is 3.01. The minimum absolute atomic E-state index is 0.342. The lowest BCUT2D eigenvalue weighted by atomic mass is 10.0. The molecule has 0 fully saturated rings. The van der Waals surface area contributed by atoms with E-state index in [9.17, 15) is 0 Å². The number of hydrogen-bond donors (Lipinski definition) is 0. The van der Waals surface area contributed by atoms with Gasteiger partial charge in [0.25, 0.3) is 0 Å². The molecule has 3 nitrogen and oxygen atoms in total. The van der Waals surface area contributed by atoms with Crippen LogP contribution in [0.4, 0.5) is 0 Å². The van der Waals surface area contributed by atoms with Crippen molar-refractivity contribution in [3.63, 3.8) is 0 Å². The van der Waals surface area contributed by atoms with E-state index in [4.69, 9.17) is 27.5 Å². The number of allylic oxidation sites excluding steroid dienone is 2. The lowest BCUT2D eigenvalue weighted by Gasteiger charge is -2.19. The molecule has 0 spiro atoms. The Hall–Kier alpha value is -1.47. The lowest BCUT2D eigenvalue weighted by molar-refractivity contribution is 0.0283. The van der Waals surface area contributed by atoms with E-state index >= 15 is 0 Å². The maximum Gasteiger partial charge on any atom is 0.137 e. The van der Waals surface area contributed by atoms with Gasteiger partial charge in [-0.25, -0.2) is 0 Å². The van der Waals surface area contributed by atoms with Gasteiger partial charge in [-0.05, 0) is 63.3 Å². The summed E-state index contributed by atoms with van der Waals surface area (Å²) in [6.45, 7) is 2.79. The van der Waals surface area contributed by atoms with Crippen LogP contribution in [-0.2, 0) is 11.3 Å². The van der Waals surface area contributed by atoms with Gasteiger partial charge in [-0.2, -0.15) is 0 Å². The van der Waals surface area contributed by atoms with E-state index in [1.807, 2.05) is 25.2 Å². The normalized spacial score (nSPS) is 17.5. The maximum atomic E-state index is 6.36. The molecule has 0 aliphatic heterocycles. The summed E-state index contributed by atoms with van der Waals surface area (Å²) in [5.41, 5.74) is 1.09. The van der Waals surface area contributed by atoms with E-state index in [1.165, 1.54) is 6.42 Å². The van der Waals surface area contributed by atoms with Crippen LogP contribution < -0.4 is 4.74 Å². The molecule has 0 aromatic heterocycles. The number of terminal acetylenes is 1. The molecule has 1 unspecified atom stereocenters. The number of halogens is 1. The predicted molar refractivity (Wildman–Crippen MR) is 109 cm³/mol. The second-order valence-corrected chi connectivity index (χ2v) is 7.23. The van der Waals surface area contributed by atoms with Gasteiger partial charge >= 0.3 is 0 Å². The Morgan fingerprint density at radius 2 is 2.12 bits per heavy atom. The van der Waals surface area contributed by atoms with E-state index in [2.05, 4.69) is 23.0 Å². The second kappa shape index (κ2) is 12.0. The van der Waals surface area contributed by atoms with Gasteiger partial charge in [0.1, 0.15) is 5.75 Å². The first-order valence-electron chi connectivity index (χ1n) is 9.49. The molecule has 142 valence electrons. The van der Waals surface area contributed by atoms with Crippen molar-refractivity contribution < 1.29 is 9.47 Å². The highest BCUT2D eigenvalue weighted by atomic mass is 35.5. The van der Waals surface area contributed by atoms with Gasteiger partial charge in [-0.1, -0.05) is 35.7 Å². The third-order valence-corrected chi connectivity index (χ3v) is 4.80. The third-order valence-electron chi connectivity index (χ3n) is 4.50. The van der Waals surface area contributed by atoms with Crippen molar-refractivity contribution in [2.75, 3.05) is 26.7 Å². The molecule has 0 saturated heterocycles. The highest BCUT2D eigenvalue weighted by Crippen LogP contribution is 2.26. The first kappa shape index (κ1) is 20.8. The van der Waals surface area contributed by atoms with E-state index < -0.39 is 0 Å². The summed E-state index contributed by atoms with van der Waals surface area (Å²) >= 11 is 6.36. The summed E-state index contributed by atoms with van der Waals surface area (Å²) in [7, 11) is 2.01. The van der Waals surface area contributed by atoms with Crippen LogP contribution >= 0.6 is 11.6 Å². The molecule has 0 amide bonds. The zero-order valence-corrected chi connectivity index (χ0v) is 16.5. The fourth-order valence-corrected chi connectivity index (χ4v) is 3.27. The average molecular weight is 376 g/mol. The zero-order chi connectivity index (χ0) is 18.6. The van der Waals surface area contributed by atoms with Crippen LogP contribution in [0.3, 0.4) is 0 Å². The zero-order valence-electron chi connectivity index (χ0n) is 15.8. The summed E-state index contributed by atoms with van der Waals surface area (Å²) < 4.78 is 11.9. The van der Waals surface area contributed by atoms with Crippen molar-refractivity contribution in [2.45, 2.75) is 51.2 Å². The van der Waals surface area contributed by atoms with Crippen LogP contribution in [0.2, 0.25) is 5.02 Å². The maximum absolute atomic E-state index is 6.36. The molecule has 26 heavy (non-hydrogen) atoms. The molecule has 0 radical (unpaired) electrons. The number of ether oxygens (including phenoxy) is 2. The average Bonchev–Trinajstić information content (AvgIpc) is 2.59. The van der Waals surface area contributed by atoms with Crippen molar-refractivity contribution in [2.24, 2.45) is 0 Å². The van der Waals surface area contributed by atoms with Crippen LogP contribution in [0.1, 0.15) is 44.1 Å². The highest BCUT2D eigenvalue weighted by molar-refractivity contribution is 6.32. The summed E-state index contributed by atoms with van der Waals surface area (Å²) in [5.74, 6) is 3.36. The summed E-state index contributed by atoms with van der Waals surface area (Å²) in [6, 6.07) is 5.92. The van der Waals surface area contributed by atoms with Crippen LogP contribution in [0, 0.1) is 12.3 Å². The number of rotatable bonds is 9. The summed E-state index contributed by atoms with van der Waals surface area (Å²) in [4.78, 5) is 2.09. The van der Waals surface area contributed by atoms with Crippen LogP contribution in [0.15, 0.2) is 30.4 Å². The molecule has 1 aliphatic carbocycles. The number of nitrogens with zero attached hydrogens (tertiary/aromatic N) is 1. The molecule has 0 saturated carbocycles. The Morgan fingerprint density at radius 1 is 1.27 bits per heavy atom. The first-order valence-corrected chi connectivity index (χ1v) is 9.86. The minimum Gasteiger partial charge on any atom is -0.492 e. The molecule has 1 atom stereocenters. The van der Waals surface area contributed by atoms with Crippen molar-refractivity contribution in [1.29, 1.82) is 0 Å². The summed E-state index contributed by atoms with van der Waals surface area (Å²) in [6.07, 6.45) is 16.8. The van der Waals surface area contributed by atoms with E-state index in [-0.39, 0.29) is 0 Å². The van der Waals surface area contributed by atoms with Gasteiger partial charge in [0.2, 0.25) is 0 Å². The largest absolute Gasteiger partial charge is 0.492 e. The SMILES string of the molecule is C#CCN(C)CCCOc1ccc(COC2CCC=CCCC2)cc1Cl. The molecule has 2 rings (SSSR count). The molecule has 0 bridgehead atoms. The lowest BCUT2D eigenvalue weighted by Crippen LogP contribution is -2.21. The standard InChI is InChI=1S/C22H30ClNO2/c1-3-14-24(2)15-9-16-25-22-13-12-19(17-21(22)23)18-26-20-10-7-5-4-6-8-11-20/h1,4-5,12-13,17,20H,6-11,14-16,18H2,2H3. The number of benzene rings is 1. The Labute approximate surface area is 163 Å². The fraction of sp³-hybridized carbons (Fsp3) is 0.545. The molecule has 4 heteroatoms. The molecule has 1 aromatic carbocycles.